The van der Waals surface area contributed by atoms with Gasteiger partial charge in [0.2, 0.25) is 0 Å². The van der Waals surface area contributed by atoms with Crippen molar-refractivity contribution in [3.8, 4) is 0 Å². The predicted molar refractivity (Wildman–Crippen MR) is 51.9 cm³/mol. The minimum atomic E-state index is -0.398. The summed E-state index contributed by atoms with van der Waals surface area (Å²) < 4.78 is 15.3. The molecule has 1 aliphatic rings. The Balaban J connectivity index is 2.40. The van der Waals surface area contributed by atoms with Crippen molar-refractivity contribution >= 4 is 0 Å². The zero-order chi connectivity index (χ0) is 10.6. The Morgan fingerprint density at radius 2 is 2.00 bits per heavy atom. The maximum atomic E-state index is 9.85. The van der Waals surface area contributed by atoms with Gasteiger partial charge in [0.15, 0.2) is 0 Å². The van der Waals surface area contributed by atoms with Crippen LogP contribution in [-0.4, -0.2) is 44.9 Å². The average molecular weight is 204 g/mol. The number of aliphatic hydroxyl groups excluding tert-OH is 1. The SMILES string of the molecule is COCOC1CC(COC)[C@@H](C)[C@@H]1O. The molecule has 1 aliphatic carbocycles. The first kappa shape index (κ1) is 11.9. The van der Waals surface area contributed by atoms with Crippen molar-refractivity contribution in [3.05, 3.63) is 0 Å². The third-order valence-corrected chi connectivity index (χ3v) is 2.98. The molecule has 84 valence electrons. The van der Waals surface area contributed by atoms with Crippen LogP contribution in [0.2, 0.25) is 0 Å². The van der Waals surface area contributed by atoms with Gasteiger partial charge in [-0.1, -0.05) is 6.92 Å². The molecule has 0 heterocycles. The highest BCUT2D eigenvalue weighted by Gasteiger charge is 2.40. The Morgan fingerprint density at radius 3 is 2.57 bits per heavy atom. The number of ether oxygens (including phenoxy) is 3. The van der Waals surface area contributed by atoms with Crippen LogP contribution in [0.15, 0.2) is 0 Å². The molecule has 4 atom stereocenters. The van der Waals surface area contributed by atoms with E-state index in [0.29, 0.717) is 12.5 Å². The largest absolute Gasteiger partial charge is 0.390 e. The van der Waals surface area contributed by atoms with Crippen molar-refractivity contribution in [1.82, 2.24) is 0 Å². The van der Waals surface area contributed by atoms with Crippen molar-refractivity contribution in [3.63, 3.8) is 0 Å². The summed E-state index contributed by atoms with van der Waals surface area (Å²) in [5, 5.41) is 9.85. The molecule has 0 radical (unpaired) electrons. The molecule has 0 amide bonds. The molecule has 4 nitrogen and oxygen atoms in total. The molecule has 1 rings (SSSR count). The van der Waals surface area contributed by atoms with Gasteiger partial charge in [0.05, 0.1) is 12.2 Å². The standard InChI is InChI=1S/C10H20O4/c1-7-8(5-12-2)4-9(10(7)11)14-6-13-3/h7-11H,4-6H2,1-3H3/t7-,8?,9?,10+/m1/s1. The molecule has 0 spiro atoms. The Kier molecular flexibility index (Phi) is 4.81. The van der Waals surface area contributed by atoms with E-state index >= 15 is 0 Å². The summed E-state index contributed by atoms with van der Waals surface area (Å²) in [5.41, 5.74) is 0. The van der Waals surface area contributed by atoms with E-state index in [4.69, 9.17) is 14.2 Å². The smallest absolute Gasteiger partial charge is 0.146 e. The van der Waals surface area contributed by atoms with Crippen LogP contribution in [0, 0.1) is 11.8 Å². The van der Waals surface area contributed by atoms with Gasteiger partial charge in [-0.15, -0.1) is 0 Å². The number of rotatable bonds is 5. The molecule has 1 fully saturated rings. The van der Waals surface area contributed by atoms with Gasteiger partial charge in [-0.25, -0.2) is 0 Å². The molecule has 0 aromatic heterocycles. The predicted octanol–water partition coefficient (Wildman–Crippen LogP) is 0.639. The molecule has 1 saturated carbocycles. The summed E-state index contributed by atoms with van der Waals surface area (Å²) in [6.45, 7) is 2.96. The minimum Gasteiger partial charge on any atom is -0.390 e. The maximum absolute atomic E-state index is 9.85. The van der Waals surface area contributed by atoms with Crippen LogP contribution in [0.1, 0.15) is 13.3 Å². The summed E-state index contributed by atoms with van der Waals surface area (Å²) in [5.74, 6) is 0.619. The van der Waals surface area contributed by atoms with Crippen molar-refractivity contribution in [1.29, 1.82) is 0 Å². The van der Waals surface area contributed by atoms with Gasteiger partial charge in [0.25, 0.3) is 0 Å². The Morgan fingerprint density at radius 1 is 1.29 bits per heavy atom. The fourth-order valence-electron chi connectivity index (χ4n) is 2.03. The van der Waals surface area contributed by atoms with Gasteiger partial charge >= 0.3 is 0 Å². The van der Waals surface area contributed by atoms with E-state index in [-0.39, 0.29) is 18.8 Å². The quantitative estimate of drug-likeness (QED) is 0.668. The van der Waals surface area contributed by atoms with Crippen molar-refractivity contribution < 1.29 is 19.3 Å². The molecule has 0 aromatic carbocycles. The van der Waals surface area contributed by atoms with E-state index in [0.717, 1.165) is 6.42 Å². The Labute approximate surface area is 85.2 Å². The topological polar surface area (TPSA) is 47.9 Å². The maximum Gasteiger partial charge on any atom is 0.146 e. The summed E-state index contributed by atoms with van der Waals surface area (Å²) in [6, 6.07) is 0. The fraction of sp³-hybridized carbons (Fsp3) is 1.00. The second kappa shape index (κ2) is 5.66. The summed E-state index contributed by atoms with van der Waals surface area (Å²) in [7, 11) is 3.26. The number of aliphatic hydroxyl groups is 1. The Hall–Kier alpha value is -0.160. The molecule has 0 bridgehead atoms. The molecule has 2 unspecified atom stereocenters. The lowest BCUT2D eigenvalue weighted by molar-refractivity contribution is -0.106. The van der Waals surface area contributed by atoms with E-state index in [1.54, 1.807) is 14.2 Å². The highest BCUT2D eigenvalue weighted by atomic mass is 16.7. The summed E-state index contributed by atoms with van der Waals surface area (Å²) in [6.07, 6.45) is 0.342. The van der Waals surface area contributed by atoms with E-state index < -0.39 is 6.10 Å². The third kappa shape index (κ3) is 2.67. The molecular formula is C10H20O4. The fourth-order valence-corrected chi connectivity index (χ4v) is 2.03. The van der Waals surface area contributed by atoms with E-state index in [2.05, 4.69) is 0 Å². The second-order valence-electron chi connectivity index (χ2n) is 3.91. The molecule has 0 aromatic rings. The van der Waals surface area contributed by atoms with Gasteiger partial charge < -0.3 is 19.3 Å². The van der Waals surface area contributed by atoms with Crippen LogP contribution in [0.4, 0.5) is 0 Å². The van der Waals surface area contributed by atoms with Crippen molar-refractivity contribution in [2.45, 2.75) is 25.6 Å². The van der Waals surface area contributed by atoms with Gasteiger partial charge in [0, 0.05) is 20.8 Å². The first-order chi connectivity index (χ1) is 6.70. The normalized spacial score (nSPS) is 37.7. The monoisotopic (exact) mass is 204 g/mol. The molecule has 0 saturated heterocycles. The van der Waals surface area contributed by atoms with Crippen molar-refractivity contribution in [2.24, 2.45) is 11.8 Å². The van der Waals surface area contributed by atoms with Crippen molar-refractivity contribution in [2.75, 3.05) is 27.6 Å². The minimum absolute atomic E-state index is 0.106. The lowest BCUT2D eigenvalue weighted by Gasteiger charge is -2.17. The van der Waals surface area contributed by atoms with Crippen LogP contribution >= 0.6 is 0 Å². The van der Waals surface area contributed by atoms with Gasteiger partial charge in [0.1, 0.15) is 6.79 Å². The highest BCUT2D eigenvalue weighted by molar-refractivity contribution is 4.89. The molecule has 1 N–H and O–H groups in total. The lowest BCUT2D eigenvalue weighted by Crippen LogP contribution is -2.27. The number of methoxy groups -OCH3 is 2. The van der Waals surface area contributed by atoms with Gasteiger partial charge in [-0.05, 0) is 18.3 Å². The molecular weight excluding hydrogens is 184 g/mol. The third-order valence-electron chi connectivity index (χ3n) is 2.98. The van der Waals surface area contributed by atoms with Crippen LogP contribution in [0.5, 0.6) is 0 Å². The zero-order valence-corrected chi connectivity index (χ0v) is 9.10. The van der Waals surface area contributed by atoms with E-state index in [1.165, 1.54) is 0 Å². The second-order valence-corrected chi connectivity index (χ2v) is 3.91. The van der Waals surface area contributed by atoms with E-state index in [1.807, 2.05) is 6.92 Å². The molecule has 14 heavy (non-hydrogen) atoms. The number of hydrogen-bond acceptors (Lipinski definition) is 4. The molecule has 0 aliphatic heterocycles. The Bertz CT molecular complexity index is 162. The van der Waals surface area contributed by atoms with Gasteiger partial charge in [-0.3, -0.25) is 0 Å². The first-order valence-electron chi connectivity index (χ1n) is 4.98. The highest BCUT2D eigenvalue weighted by Crippen LogP contribution is 2.33. The van der Waals surface area contributed by atoms with Crippen LogP contribution < -0.4 is 0 Å². The summed E-state index contributed by atoms with van der Waals surface area (Å²) >= 11 is 0. The lowest BCUT2D eigenvalue weighted by atomic mass is 9.98. The zero-order valence-electron chi connectivity index (χ0n) is 9.10. The van der Waals surface area contributed by atoms with Crippen LogP contribution in [0.3, 0.4) is 0 Å². The van der Waals surface area contributed by atoms with Crippen LogP contribution in [-0.2, 0) is 14.2 Å². The number of hydrogen-bond donors (Lipinski definition) is 1. The van der Waals surface area contributed by atoms with Crippen LogP contribution in [0.25, 0.3) is 0 Å². The first-order valence-corrected chi connectivity index (χ1v) is 4.98. The van der Waals surface area contributed by atoms with E-state index in [9.17, 15) is 5.11 Å². The average Bonchev–Trinajstić information content (AvgIpc) is 2.44. The molecule has 4 heteroatoms. The summed E-state index contributed by atoms with van der Waals surface area (Å²) in [4.78, 5) is 0. The van der Waals surface area contributed by atoms with Gasteiger partial charge in [-0.2, -0.15) is 0 Å².